The van der Waals surface area contributed by atoms with Crippen LogP contribution in [0.5, 0.6) is 0 Å². The Hall–Kier alpha value is -0.120. The summed E-state index contributed by atoms with van der Waals surface area (Å²) in [6.45, 7) is 3.23. The third-order valence-electron chi connectivity index (χ3n) is 2.47. The maximum Gasteiger partial charge on any atom is 0.0558 e. The van der Waals surface area contributed by atoms with E-state index in [1.807, 2.05) is 0 Å². The van der Waals surface area contributed by atoms with Gasteiger partial charge in [0, 0.05) is 31.7 Å². The summed E-state index contributed by atoms with van der Waals surface area (Å²) in [7, 11) is 0. The van der Waals surface area contributed by atoms with Crippen molar-refractivity contribution in [1.29, 1.82) is 0 Å². The molecule has 3 nitrogen and oxygen atoms in total. The van der Waals surface area contributed by atoms with Crippen molar-refractivity contribution in [1.82, 2.24) is 10.2 Å². The normalized spacial score (nSPS) is 39.3. The zero-order chi connectivity index (χ0) is 6.97. The van der Waals surface area contributed by atoms with Gasteiger partial charge in [-0.15, -0.1) is 0 Å². The van der Waals surface area contributed by atoms with Crippen LogP contribution in [0.2, 0.25) is 0 Å². The molecule has 0 aromatic heterocycles. The number of hydrogen-bond donors (Lipinski definition) is 1. The SMILES string of the molecule is OCCN1CC2CC1C[N]2. The molecule has 2 saturated heterocycles. The first-order valence-corrected chi connectivity index (χ1v) is 3.91. The number of β-amino-alcohol motifs (C(OH)–C–C–N with tert-alkyl or cyclic N) is 1. The lowest BCUT2D eigenvalue weighted by Crippen LogP contribution is -2.41. The van der Waals surface area contributed by atoms with Crippen molar-refractivity contribution in [2.75, 3.05) is 26.2 Å². The van der Waals surface area contributed by atoms with Crippen LogP contribution < -0.4 is 5.32 Å². The van der Waals surface area contributed by atoms with Crippen molar-refractivity contribution in [3.63, 3.8) is 0 Å². The smallest absolute Gasteiger partial charge is 0.0558 e. The standard InChI is InChI=1S/C7H13N2O/c10-2-1-9-5-6-3-7(9)4-8-6/h6-7,10H,1-5H2. The predicted molar refractivity (Wildman–Crippen MR) is 37.9 cm³/mol. The minimum atomic E-state index is 0.295. The Morgan fingerprint density at radius 1 is 1.60 bits per heavy atom. The number of hydrogen-bond acceptors (Lipinski definition) is 2. The van der Waals surface area contributed by atoms with Gasteiger partial charge in [0.25, 0.3) is 0 Å². The molecule has 2 bridgehead atoms. The highest BCUT2D eigenvalue weighted by Crippen LogP contribution is 2.23. The van der Waals surface area contributed by atoms with Gasteiger partial charge in [-0.1, -0.05) is 0 Å². The third kappa shape index (κ3) is 0.944. The first kappa shape index (κ1) is 6.58. The number of aliphatic hydroxyl groups is 1. The minimum Gasteiger partial charge on any atom is -0.395 e. The number of nitrogens with zero attached hydrogens (tertiary/aromatic N) is 2. The molecule has 2 heterocycles. The van der Waals surface area contributed by atoms with Crippen molar-refractivity contribution in [2.24, 2.45) is 0 Å². The lowest BCUT2D eigenvalue weighted by molar-refractivity contribution is 0.169. The van der Waals surface area contributed by atoms with Gasteiger partial charge >= 0.3 is 0 Å². The van der Waals surface area contributed by atoms with E-state index < -0.39 is 0 Å². The molecule has 0 aliphatic carbocycles. The van der Waals surface area contributed by atoms with Crippen molar-refractivity contribution >= 4 is 0 Å². The molecule has 2 atom stereocenters. The van der Waals surface area contributed by atoms with Gasteiger partial charge < -0.3 is 5.11 Å². The summed E-state index contributed by atoms with van der Waals surface area (Å²) in [5, 5.41) is 13.1. The summed E-state index contributed by atoms with van der Waals surface area (Å²) in [6.07, 6.45) is 1.24. The molecular weight excluding hydrogens is 128 g/mol. The van der Waals surface area contributed by atoms with E-state index >= 15 is 0 Å². The first-order valence-electron chi connectivity index (χ1n) is 3.91. The molecule has 1 radical (unpaired) electrons. The van der Waals surface area contributed by atoms with Crippen LogP contribution in [0.1, 0.15) is 6.42 Å². The second-order valence-electron chi connectivity index (χ2n) is 3.13. The number of piperazine rings is 1. The largest absolute Gasteiger partial charge is 0.395 e. The maximum absolute atomic E-state index is 8.68. The Morgan fingerprint density at radius 3 is 3.00 bits per heavy atom. The summed E-state index contributed by atoms with van der Waals surface area (Å²) in [5.74, 6) is 0. The van der Waals surface area contributed by atoms with Crippen molar-refractivity contribution in [3.05, 3.63) is 0 Å². The Morgan fingerprint density at radius 2 is 2.50 bits per heavy atom. The molecule has 1 N–H and O–H groups in total. The van der Waals surface area contributed by atoms with E-state index in [0.717, 1.165) is 19.6 Å². The monoisotopic (exact) mass is 141 g/mol. The van der Waals surface area contributed by atoms with Crippen LogP contribution in [-0.2, 0) is 0 Å². The molecule has 0 spiro atoms. The lowest BCUT2D eigenvalue weighted by Gasteiger charge is -2.25. The molecule has 0 saturated carbocycles. The van der Waals surface area contributed by atoms with Gasteiger partial charge in [-0.2, -0.15) is 0 Å². The van der Waals surface area contributed by atoms with E-state index in [9.17, 15) is 0 Å². The van der Waals surface area contributed by atoms with E-state index in [-0.39, 0.29) is 0 Å². The molecule has 0 aromatic rings. The van der Waals surface area contributed by atoms with Crippen LogP contribution in [-0.4, -0.2) is 48.3 Å². The molecule has 57 valence electrons. The van der Waals surface area contributed by atoms with Crippen LogP contribution >= 0.6 is 0 Å². The number of likely N-dealkylation sites (tertiary alicyclic amines) is 1. The van der Waals surface area contributed by atoms with Crippen LogP contribution in [0.15, 0.2) is 0 Å². The second kappa shape index (κ2) is 2.49. The van der Waals surface area contributed by atoms with Crippen LogP contribution in [0.25, 0.3) is 0 Å². The average molecular weight is 141 g/mol. The molecule has 2 aliphatic rings. The summed E-state index contributed by atoms with van der Waals surface area (Å²) in [5.41, 5.74) is 0. The number of rotatable bonds is 2. The third-order valence-corrected chi connectivity index (χ3v) is 2.47. The van der Waals surface area contributed by atoms with E-state index in [0.29, 0.717) is 18.7 Å². The Balaban J connectivity index is 1.90. The molecule has 0 aromatic carbocycles. The summed E-state index contributed by atoms with van der Waals surface area (Å²) in [4.78, 5) is 2.34. The Labute approximate surface area is 61.0 Å². The number of fused-ring (bicyclic) bond motifs is 2. The fourth-order valence-electron chi connectivity index (χ4n) is 1.95. The summed E-state index contributed by atoms with van der Waals surface area (Å²) >= 11 is 0. The highest BCUT2D eigenvalue weighted by Gasteiger charge is 2.37. The molecule has 2 rings (SSSR count). The lowest BCUT2D eigenvalue weighted by atomic mass is 10.2. The molecule has 2 fully saturated rings. The van der Waals surface area contributed by atoms with Crippen LogP contribution in [0, 0.1) is 0 Å². The van der Waals surface area contributed by atoms with Gasteiger partial charge in [-0.05, 0) is 6.42 Å². The number of aliphatic hydroxyl groups excluding tert-OH is 1. The van der Waals surface area contributed by atoms with Crippen molar-refractivity contribution in [2.45, 2.75) is 18.5 Å². The Kier molecular flexibility index (Phi) is 1.64. The van der Waals surface area contributed by atoms with Gasteiger partial charge in [-0.25, -0.2) is 5.32 Å². The first-order chi connectivity index (χ1) is 4.90. The minimum absolute atomic E-state index is 0.295. The quantitative estimate of drug-likeness (QED) is 0.538. The summed E-state index contributed by atoms with van der Waals surface area (Å²) < 4.78 is 0. The molecule has 10 heavy (non-hydrogen) atoms. The van der Waals surface area contributed by atoms with Gasteiger partial charge in [0.1, 0.15) is 0 Å². The molecule has 3 heteroatoms. The summed E-state index contributed by atoms with van der Waals surface area (Å²) in [6, 6.07) is 1.26. The Bertz CT molecular complexity index is 129. The second-order valence-corrected chi connectivity index (χ2v) is 3.13. The molecular formula is C7H13N2O. The van der Waals surface area contributed by atoms with Crippen molar-refractivity contribution in [3.8, 4) is 0 Å². The maximum atomic E-state index is 8.68. The predicted octanol–water partition coefficient (Wildman–Crippen LogP) is -0.960. The van der Waals surface area contributed by atoms with E-state index in [1.165, 1.54) is 6.42 Å². The van der Waals surface area contributed by atoms with Crippen LogP contribution in [0.4, 0.5) is 0 Å². The molecule has 2 unspecified atom stereocenters. The van der Waals surface area contributed by atoms with Crippen LogP contribution in [0.3, 0.4) is 0 Å². The van der Waals surface area contributed by atoms with Gasteiger partial charge in [-0.3, -0.25) is 4.90 Å². The van der Waals surface area contributed by atoms with E-state index in [2.05, 4.69) is 10.2 Å². The van der Waals surface area contributed by atoms with Gasteiger partial charge in [0.05, 0.1) is 6.61 Å². The van der Waals surface area contributed by atoms with Gasteiger partial charge in [0.15, 0.2) is 0 Å². The molecule has 0 amide bonds. The van der Waals surface area contributed by atoms with Gasteiger partial charge in [0.2, 0.25) is 0 Å². The highest BCUT2D eigenvalue weighted by atomic mass is 16.3. The van der Waals surface area contributed by atoms with Crippen molar-refractivity contribution < 1.29 is 5.11 Å². The fraction of sp³-hybridized carbons (Fsp3) is 1.00. The average Bonchev–Trinajstić information content (AvgIpc) is 2.48. The van der Waals surface area contributed by atoms with E-state index in [1.54, 1.807) is 0 Å². The zero-order valence-corrected chi connectivity index (χ0v) is 6.03. The zero-order valence-electron chi connectivity index (χ0n) is 6.03. The fourth-order valence-corrected chi connectivity index (χ4v) is 1.95. The van der Waals surface area contributed by atoms with E-state index in [4.69, 9.17) is 5.11 Å². The topological polar surface area (TPSA) is 37.6 Å². The molecule has 2 aliphatic heterocycles. The highest BCUT2D eigenvalue weighted by molar-refractivity contribution is 4.96.